The highest BCUT2D eigenvalue weighted by atomic mass is 15.2. The lowest BCUT2D eigenvalue weighted by Crippen LogP contribution is -2.32. The van der Waals surface area contributed by atoms with Gasteiger partial charge in [0.25, 0.3) is 0 Å². The lowest BCUT2D eigenvalue weighted by Gasteiger charge is -2.06. The highest BCUT2D eigenvalue weighted by Crippen LogP contribution is 1.88. The van der Waals surface area contributed by atoms with E-state index in [9.17, 15) is 0 Å². The molecule has 48 valence electrons. The zero-order valence-corrected chi connectivity index (χ0v) is 4.98. The number of rotatable bonds is 2. The summed E-state index contributed by atoms with van der Waals surface area (Å²) in [5, 5.41) is 6.53. The maximum Gasteiger partial charge on any atom is 0.0584 e. The van der Waals surface area contributed by atoms with Crippen LogP contribution in [-0.2, 0) is 0 Å². The molecule has 0 aliphatic carbocycles. The van der Waals surface area contributed by atoms with Crippen LogP contribution >= 0.6 is 0 Å². The molecule has 0 unspecified atom stereocenters. The van der Waals surface area contributed by atoms with Crippen LogP contribution in [0.25, 0.3) is 0 Å². The molecular formula is C5H13N3. The summed E-state index contributed by atoms with van der Waals surface area (Å²) >= 11 is 0. The molecular weight excluding hydrogens is 102 g/mol. The Kier molecular flexibility index (Phi) is 2.27. The topological polar surface area (TPSA) is 50.1 Å². The zero-order chi connectivity index (χ0) is 5.82. The molecule has 0 aromatic heterocycles. The van der Waals surface area contributed by atoms with Crippen LogP contribution in [0.5, 0.6) is 0 Å². The Labute approximate surface area is 49.6 Å². The monoisotopic (exact) mass is 115 g/mol. The molecule has 0 aromatic carbocycles. The molecule has 1 fully saturated rings. The number of nitrogens with one attached hydrogen (secondary N) is 2. The zero-order valence-electron chi connectivity index (χ0n) is 4.98. The normalized spacial score (nSPS) is 22.1. The first-order valence-corrected chi connectivity index (χ1v) is 3.10. The van der Waals surface area contributed by atoms with Gasteiger partial charge in [-0.25, -0.2) is 0 Å². The molecule has 0 atom stereocenters. The lowest BCUT2D eigenvalue weighted by atomic mass is 10.3. The largest absolute Gasteiger partial charge is 0.330 e. The van der Waals surface area contributed by atoms with E-state index in [-0.39, 0.29) is 0 Å². The maximum absolute atomic E-state index is 5.33. The summed E-state index contributed by atoms with van der Waals surface area (Å²) in [6.45, 7) is 2.94. The Morgan fingerprint density at radius 1 is 1.38 bits per heavy atom. The second-order valence-electron chi connectivity index (χ2n) is 2.04. The van der Waals surface area contributed by atoms with Crippen LogP contribution in [0.2, 0.25) is 0 Å². The summed E-state index contributed by atoms with van der Waals surface area (Å²) in [4.78, 5) is 0. The van der Waals surface area contributed by atoms with E-state index in [2.05, 4.69) is 10.6 Å². The van der Waals surface area contributed by atoms with E-state index in [0.29, 0.717) is 6.17 Å². The first-order chi connectivity index (χ1) is 3.93. The van der Waals surface area contributed by atoms with Crippen LogP contribution in [0.1, 0.15) is 6.42 Å². The van der Waals surface area contributed by atoms with Crippen molar-refractivity contribution in [3.8, 4) is 0 Å². The van der Waals surface area contributed by atoms with Gasteiger partial charge < -0.3 is 16.4 Å². The second-order valence-corrected chi connectivity index (χ2v) is 2.04. The van der Waals surface area contributed by atoms with Gasteiger partial charge in [0.2, 0.25) is 0 Å². The average Bonchev–Trinajstić information content (AvgIpc) is 2.19. The molecule has 0 spiro atoms. The quantitative estimate of drug-likeness (QED) is 0.426. The highest BCUT2D eigenvalue weighted by molar-refractivity contribution is 4.71. The molecule has 3 heteroatoms. The van der Waals surface area contributed by atoms with Crippen LogP contribution in [0.3, 0.4) is 0 Å². The minimum Gasteiger partial charge on any atom is -0.330 e. The smallest absolute Gasteiger partial charge is 0.0584 e. The van der Waals surface area contributed by atoms with Gasteiger partial charge in [-0.05, 0) is 13.0 Å². The summed E-state index contributed by atoms with van der Waals surface area (Å²) in [6.07, 6.45) is 1.53. The van der Waals surface area contributed by atoms with Gasteiger partial charge in [0.15, 0.2) is 0 Å². The Morgan fingerprint density at radius 3 is 2.50 bits per heavy atom. The first kappa shape index (κ1) is 6.01. The van der Waals surface area contributed by atoms with E-state index in [0.717, 1.165) is 26.1 Å². The van der Waals surface area contributed by atoms with E-state index < -0.39 is 0 Å². The third kappa shape index (κ3) is 1.43. The molecule has 0 radical (unpaired) electrons. The summed E-state index contributed by atoms with van der Waals surface area (Å²) in [5.41, 5.74) is 5.33. The molecule has 4 N–H and O–H groups in total. The van der Waals surface area contributed by atoms with Crippen molar-refractivity contribution in [2.45, 2.75) is 12.6 Å². The number of hydrogen-bond donors (Lipinski definition) is 3. The summed E-state index contributed by atoms with van der Waals surface area (Å²) in [5.74, 6) is 0. The van der Waals surface area contributed by atoms with Crippen LogP contribution in [0.15, 0.2) is 0 Å². The fraction of sp³-hybridized carbons (Fsp3) is 1.00. The summed E-state index contributed by atoms with van der Waals surface area (Å²) < 4.78 is 0. The SMILES string of the molecule is NCCC1NCCN1. The van der Waals surface area contributed by atoms with Crippen molar-refractivity contribution in [2.75, 3.05) is 19.6 Å². The Morgan fingerprint density at radius 2 is 2.00 bits per heavy atom. The fourth-order valence-corrected chi connectivity index (χ4v) is 0.936. The Bertz CT molecular complexity index is 58.7. The second kappa shape index (κ2) is 3.02. The highest BCUT2D eigenvalue weighted by Gasteiger charge is 2.09. The van der Waals surface area contributed by atoms with E-state index in [1.807, 2.05) is 0 Å². The molecule has 1 aliphatic heterocycles. The molecule has 0 amide bonds. The van der Waals surface area contributed by atoms with E-state index in [1.165, 1.54) is 0 Å². The minimum atomic E-state index is 0.486. The predicted octanol–water partition coefficient (Wildman–Crippen LogP) is -1.15. The van der Waals surface area contributed by atoms with Crippen molar-refractivity contribution >= 4 is 0 Å². The van der Waals surface area contributed by atoms with Crippen molar-refractivity contribution < 1.29 is 0 Å². The number of nitrogens with two attached hydrogens (primary N) is 1. The first-order valence-electron chi connectivity index (χ1n) is 3.10. The van der Waals surface area contributed by atoms with Gasteiger partial charge in [-0.2, -0.15) is 0 Å². The van der Waals surface area contributed by atoms with Crippen molar-refractivity contribution in [3.63, 3.8) is 0 Å². The van der Waals surface area contributed by atoms with Crippen LogP contribution < -0.4 is 16.4 Å². The van der Waals surface area contributed by atoms with Gasteiger partial charge in [0.05, 0.1) is 6.17 Å². The van der Waals surface area contributed by atoms with Crippen molar-refractivity contribution in [2.24, 2.45) is 5.73 Å². The minimum absolute atomic E-state index is 0.486. The van der Waals surface area contributed by atoms with Crippen LogP contribution in [0.4, 0.5) is 0 Å². The Balaban J connectivity index is 2.06. The summed E-state index contributed by atoms with van der Waals surface area (Å²) in [7, 11) is 0. The predicted molar refractivity (Wildman–Crippen MR) is 33.5 cm³/mol. The van der Waals surface area contributed by atoms with Gasteiger partial charge in [-0.3, -0.25) is 0 Å². The third-order valence-corrected chi connectivity index (χ3v) is 1.36. The molecule has 0 bridgehead atoms. The third-order valence-electron chi connectivity index (χ3n) is 1.36. The molecule has 3 nitrogen and oxygen atoms in total. The van der Waals surface area contributed by atoms with Gasteiger partial charge in [0, 0.05) is 13.1 Å². The van der Waals surface area contributed by atoms with E-state index >= 15 is 0 Å². The fourth-order valence-electron chi connectivity index (χ4n) is 0.936. The average molecular weight is 115 g/mol. The van der Waals surface area contributed by atoms with E-state index in [4.69, 9.17) is 5.73 Å². The standard InChI is InChI=1S/C5H13N3/c6-2-1-5-7-3-4-8-5/h5,7-8H,1-4,6H2. The van der Waals surface area contributed by atoms with Gasteiger partial charge in [0.1, 0.15) is 0 Å². The molecule has 1 rings (SSSR count). The molecule has 1 saturated heterocycles. The maximum atomic E-state index is 5.33. The van der Waals surface area contributed by atoms with Crippen molar-refractivity contribution in [3.05, 3.63) is 0 Å². The summed E-state index contributed by atoms with van der Waals surface area (Å²) in [6, 6.07) is 0. The van der Waals surface area contributed by atoms with Crippen LogP contribution in [-0.4, -0.2) is 25.8 Å². The van der Waals surface area contributed by atoms with Gasteiger partial charge >= 0.3 is 0 Å². The molecule has 1 aliphatic rings. The number of hydrogen-bond acceptors (Lipinski definition) is 3. The molecule has 0 aromatic rings. The molecule has 8 heavy (non-hydrogen) atoms. The molecule has 1 heterocycles. The van der Waals surface area contributed by atoms with E-state index in [1.54, 1.807) is 0 Å². The van der Waals surface area contributed by atoms with Crippen molar-refractivity contribution in [1.82, 2.24) is 10.6 Å². The Hall–Kier alpha value is -0.120. The van der Waals surface area contributed by atoms with Gasteiger partial charge in [-0.1, -0.05) is 0 Å². The molecule has 0 saturated carbocycles. The van der Waals surface area contributed by atoms with Crippen molar-refractivity contribution in [1.29, 1.82) is 0 Å². The lowest BCUT2D eigenvalue weighted by molar-refractivity contribution is 0.520. The van der Waals surface area contributed by atoms with Crippen LogP contribution in [0, 0.1) is 0 Å². The van der Waals surface area contributed by atoms with Gasteiger partial charge in [-0.15, -0.1) is 0 Å².